The second kappa shape index (κ2) is 3.46. The number of fused-ring (bicyclic) bond motifs is 1. The molecule has 0 saturated heterocycles. The number of hydrogen-bond donors (Lipinski definition) is 0. The molecule has 0 spiro atoms. The van der Waals surface area contributed by atoms with Gasteiger partial charge in [-0.05, 0) is 0 Å². The first-order chi connectivity index (χ1) is 6.52. The Balaban J connectivity index is 2.70. The summed E-state index contributed by atoms with van der Waals surface area (Å²) in [6.07, 6.45) is 0. The number of esters is 1. The van der Waals surface area contributed by atoms with E-state index in [4.69, 9.17) is 51.1 Å². The average molecular weight is 272 g/mol. The van der Waals surface area contributed by atoms with Crippen molar-refractivity contribution in [3.8, 4) is 5.75 Å². The van der Waals surface area contributed by atoms with E-state index in [1.807, 2.05) is 0 Å². The molecule has 1 heterocycles. The van der Waals surface area contributed by atoms with Crippen LogP contribution in [-0.4, -0.2) is 5.97 Å². The molecule has 1 aromatic carbocycles. The number of ether oxygens (including phenoxy) is 1. The van der Waals surface area contributed by atoms with Crippen LogP contribution in [0.2, 0.25) is 15.1 Å². The molecule has 1 aliphatic rings. The lowest BCUT2D eigenvalue weighted by Gasteiger charge is -2.04. The summed E-state index contributed by atoms with van der Waals surface area (Å²) in [5.74, 6) is -0.295. The van der Waals surface area contributed by atoms with E-state index in [9.17, 15) is 4.79 Å². The molecule has 74 valence electrons. The van der Waals surface area contributed by atoms with Crippen LogP contribution in [0.4, 0.5) is 0 Å². The highest BCUT2D eigenvalue weighted by Gasteiger charge is 2.35. The van der Waals surface area contributed by atoms with Gasteiger partial charge in [0.2, 0.25) is 0 Å². The van der Waals surface area contributed by atoms with Crippen LogP contribution in [-0.2, 0) is 4.79 Å². The molecule has 0 aliphatic carbocycles. The van der Waals surface area contributed by atoms with Gasteiger partial charge in [0, 0.05) is 11.6 Å². The molecule has 1 aromatic rings. The molecule has 1 aliphatic heterocycles. The van der Waals surface area contributed by atoms with E-state index in [0.29, 0.717) is 5.56 Å². The van der Waals surface area contributed by atoms with Gasteiger partial charge in [-0.25, -0.2) is 4.79 Å². The van der Waals surface area contributed by atoms with Gasteiger partial charge < -0.3 is 4.74 Å². The highest BCUT2D eigenvalue weighted by Crippen LogP contribution is 2.47. The van der Waals surface area contributed by atoms with Crippen molar-refractivity contribution in [2.45, 2.75) is 5.38 Å². The second-order valence-corrected chi connectivity index (χ2v) is 4.28. The van der Waals surface area contributed by atoms with Crippen LogP contribution in [0.3, 0.4) is 0 Å². The summed E-state index contributed by atoms with van der Waals surface area (Å²) in [6.45, 7) is 0. The highest BCUT2D eigenvalue weighted by molar-refractivity contribution is 6.49. The fourth-order valence-corrected chi connectivity index (χ4v) is 2.21. The zero-order chi connectivity index (χ0) is 10.5. The molecule has 1 atom stereocenters. The third-order valence-corrected chi connectivity index (χ3v) is 3.51. The molecule has 6 heteroatoms. The molecule has 0 bridgehead atoms. The Hall–Kier alpha value is -0.150. The van der Waals surface area contributed by atoms with Crippen molar-refractivity contribution in [2.75, 3.05) is 0 Å². The molecular weight excluding hydrogens is 270 g/mol. The minimum atomic E-state index is -0.910. The highest BCUT2D eigenvalue weighted by atomic mass is 35.5. The van der Waals surface area contributed by atoms with E-state index in [1.165, 1.54) is 6.07 Å². The van der Waals surface area contributed by atoms with E-state index in [2.05, 4.69) is 0 Å². The summed E-state index contributed by atoms with van der Waals surface area (Å²) in [7, 11) is 0. The lowest BCUT2D eigenvalue weighted by atomic mass is 10.1. The summed E-state index contributed by atoms with van der Waals surface area (Å²) in [6, 6.07) is 1.42. The van der Waals surface area contributed by atoms with Crippen molar-refractivity contribution in [3.05, 3.63) is 26.7 Å². The van der Waals surface area contributed by atoms with E-state index < -0.39 is 11.3 Å². The molecule has 0 amide bonds. The molecular formula is C8H2Cl4O2. The summed E-state index contributed by atoms with van der Waals surface area (Å²) in [5.41, 5.74) is 0.382. The maximum absolute atomic E-state index is 11.1. The molecule has 2 nitrogen and oxygen atoms in total. The fourth-order valence-electron chi connectivity index (χ4n) is 1.19. The lowest BCUT2D eigenvalue weighted by molar-refractivity contribution is -0.132. The van der Waals surface area contributed by atoms with Crippen LogP contribution in [0.25, 0.3) is 0 Å². The smallest absolute Gasteiger partial charge is 0.334 e. The van der Waals surface area contributed by atoms with E-state index in [-0.39, 0.29) is 20.8 Å². The van der Waals surface area contributed by atoms with Crippen molar-refractivity contribution >= 4 is 52.4 Å². The molecule has 0 saturated carbocycles. The number of alkyl halides is 1. The maximum Gasteiger partial charge on any atom is 0.334 e. The Kier molecular flexibility index (Phi) is 2.56. The number of carbonyl (C=O) groups is 1. The number of carbonyl (C=O) groups excluding carboxylic acids is 1. The number of hydrogen-bond acceptors (Lipinski definition) is 2. The van der Waals surface area contributed by atoms with Crippen LogP contribution in [0.15, 0.2) is 6.07 Å². The predicted molar refractivity (Wildman–Crippen MR) is 55.7 cm³/mol. The Morgan fingerprint density at radius 2 is 1.86 bits per heavy atom. The van der Waals surface area contributed by atoms with E-state index in [1.54, 1.807) is 0 Å². The van der Waals surface area contributed by atoms with Crippen molar-refractivity contribution in [3.63, 3.8) is 0 Å². The third kappa shape index (κ3) is 1.38. The fraction of sp³-hybridized carbons (Fsp3) is 0.125. The first-order valence-electron chi connectivity index (χ1n) is 3.55. The van der Waals surface area contributed by atoms with Crippen molar-refractivity contribution in [2.24, 2.45) is 0 Å². The Labute approximate surface area is 99.6 Å². The Bertz CT molecular complexity index is 430. The number of rotatable bonds is 0. The molecule has 0 fully saturated rings. The van der Waals surface area contributed by atoms with Crippen LogP contribution in [0, 0.1) is 0 Å². The van der Waals surface area contributed by atoms with Gasteiger partial charge in [0.25, 0.3) is 0 Å². The first kappa shape index (κ1) is 10.4. The SMILES string of the molecule is O=C1Oc2cc(Cl)c(Cl)c(Cl)c2C1Cl. The lowest BCUT2D eigenvalue weighted by Crippen LogP contribution is -2.03. The van der Waals surface area contributed by atoms with Gasteiger partial charge in [-0.1, -0.05) is 34.8 Å². The Morgan fingerprint density at radius 1 is 1.21 bits per heavy atom. The zero-order valence-corrected chi connectivity index (χ0v) is 9.51. The summed E-state index contributed by atoms with van der Waals surface area (Å²) in [4.78, 5) is 11.1. The molecule has 0 radical (unpaired) electrons. The molecule has 2 rings (SSSR count). The minimum absolute atomic E-state index is 0.167. The normalized spacial score (nSPS) is 19.4. The number of halogens is 4. The summed E-state index contributed by atoms with van der Waals surface area (Å²) in [5, 5.41) is -0.336. The topological polar surface area (TPSA) is 26.3 Å². The number of benzene rings is 1. The van der Waals surface area contributed by atoms with Gasteiger partial charge in [-0.15, -0.1) is 11.6 Å². The summed E-state index contributed by atoms with van der Waals surface area (Å²) >= 11 is 23.2. The quantitative estimate of drug-likeness (QED) is 0.310. The van der Waals surface area contributed by atoms with Crippen LogP contribution < -0.4 is 4.74 Å². The van der Waals surface area contributed by atoms with Gasteiger partial charge in [0.15, 0.2) is 5.38 Å². The third-order valence-electron chi connectivity index (χ3n) is 1.83. The largest absolute Gasteiger partial charge is 0.425 e. The van der Waals surface area contributed by atoms with E-state index >= 15 is 0 Å². The molecule has 14 heavy (non-hydrogen) atoms. The van der Waals surface area contributed by atoms with Crippen molar-refractivity contribution < 1.29 is 9.53 Å². The molecule has 0 N–H and O–H groups in total. The molecule has 1 unspecified atom stereocenters. The van der Waals surface area contributed by atoms with Crippen molar-refractivity contribution in [1.29, 1.82) is 0 Å². The van der Waals surface area contributed by atoms with Crippen LogP contribution in [0.5, 0.6) is 5.75 Å². The zero-order valence-electron chi connectivity index (χ0n) is 6.48. The minimum Gasteiger partial charge on any atom is -0.425 e. The first-order valence-corrected chi connectivity index (χ1v) is 5.12. The molecule has 0 aromatic heterocycles. The Morgan fingerprint density at radius 3 is 2.50 bits per heavy atom. The van der Waals surface area contributed by atoms with Crippen LogP contribution >= 0.6 is 46.4 Å². The maximum atomic E-state index is 11.1. The van der Waals surface area contributed by atoms with E-state index in [0.717, 1.165) is 0 Å². The van der Waals surface area contributed by atoms with Gasteiger partial charge in [0.1, 0.15) is 5.75 Å². The van der Waals surface area contributed by atoms with Gasteiger partial charge in [-0.2, -0.15) is 0 Å². The van der Waals surface area contributed by atoms with Gasteiger partial charge in [0.05, 0.1) is 15.1 Å². The predicted octanol–water partition coefficient (Wildman–Crippen LogP) is 3.85. The monoisotopic (exact) mass is 270 g/mol. The average Bonchev–Trinajstić information content (AvgIpc) is 2.39. The summed E-state index contributed by atoms with van der Waals surface area (Å²) < 4.78 is 4.84. The van der Waals surface area contributed by atoms with Gasteiger partial charge in [-0.3, -0.25) is 0 Å². The second-order valence-electron chi connectivity index (χ2n) is 2.68. The standard InChI is InChI=1S/C8H2Cl4O2/c9-2-1-3-4(6(11)5(2)10)7(12)8(13)14-3/h1,7H. The van der Waals surface area contributed by atoms with Crippen LogP contribution in [0.1, 0.15) is 10.9 Å². The van der Waals surface area contributed by atoms with Gasteiger partial charge >= 0.3 is 5.97 Å². The van der Waals surface area contributed by atoms with Crippen molar-refractivity contribution in [1.82, 2.24) is 0 Å².